The zero-order chi connectivity index (χ0) is 44.2. The number of allylic oxidation sites excluding steroid dienone is 18. The van der Waals surface area contributed by atoms with E-state index in [9.17, 15) is 19.5 Å². The van der Waals surface area contributed by atoms with Crippen LogP contribution in [0.4, 0.5) is 0 Å². The Morgan fingerprint density at radius 3 is 1.45 bits per heavy atom. The molecular weight excluding hydrogens is 751 g/mol. The van der Waals surface area contributed by atoms with Crippen LogP contribution in [0, 0.1) is 0 Å². The summed E-state index contributed by atoms with van der Waals surface area (Å²) in [5, 5.41) is 9.62. The van der Waals surface area contributed by atoms with E-state index in [1.165, 1.54) is 44.9 Å². The molecule has 0 aliphatic heterocycles. The molecule has 0 spiro atoms. The van der Waals surface area contributed by atoms with E-state index in [0.717, 1.165) is 57.8 Å². The maximum Gasteiger partial charge on any atom is 0.362 e. The smallest absolute Gasteiger partial charge is 0.362 e. The fourth-order valence-corrected chi connectivity index (χ4v) is 5.90. The maximum atomic E-state index is 12.7. The minimum Gasteiger partial charge on any atom is -0.477 e. The lowest BCUT2D eigenvalue weighted by atomic mass is 10.1. The Bertz CT molecular complexity index is 1340. The van der Waals surface area contributed by atoms with E-state index < -0.39 is 24.1 Å². The van der Waals surface area contributed by atoms with Crippen molar-refractivity contribution in [2.24, 2.45) is 0 Å². The summed E-state index contributed by atoms with van der Waals surface area (Å²) in [5.41, 5.74) is 0. The molecule has 0 heterocycles. The number of ether oxygens (including phenoxy) is 3. The van der Waals surface area contributed by atoms with E-state index in [0.29, 0.717) is 19.3 Å². The SMILES string of the molecule is CC/C=C/C/C=C/C/C=C/C/C=C/C/C=C/C/C=C/CCC(=O)OC(COCCC(C(=O)O)[N+](C)(C)C)COC(=O)CCC/C=C/C/C=C/C/C=C/CCCCCCCC. The van der Waals surface area contributed by atoms with Crippen LogP contribution in [0.2, 0.25) is 0 Å². The number of carbonyl (C=O) groups excluding carboxylic acids is 2. The Labute approximate surface area is 366 Å². The van der Waals surface area contributed by atoms with Gasteiger partial charge >= 0.3 is 17.9 Å². The predicted octanol–water partition coefficient (Wildman–Crippen LogP) is 12.9. The highest BCUT2D eigenvalue weighted by Crippen LogP contribution is 2.11. The molecule has 0 fully saturated rings. The van der Waals surface area contributed by atoms with E-state index in [4.69, 9.17) is 14.2 Å². The summed E-state index contributed by atoms with van der Waals surface area (Å²) in [6.45, 7) is 4.46. The molecule has 8 heteroatoms. The molecule has 0 aromatic heterocycles. The first-order chi connectivity index (χ1) is 29.1. The topological polar surface area (TPSA) is 99.1 Å². The van der Waals surface area contributed by atoms with Gasteiger partial charge in [-0.25, -0.2) is 4.79 Å². The lowest BCUT2D eigenvalue weighted by molar-refractivity contribution is -0.887. The molecule has 0 aromatic carbocycles. The van der Waals surface area contributed by atoms with Gasteiger partial charge in [0.25, 0.3) is 0 Å². The van der Waals surface area contributed by atoms with Crippen molar-refractivity contribution in [1.29, 1.82) is 0 Å². The van der Waals surface area contributed by atoms with Gasteiger partial charge in [0.2, 0.25) is 0 Å². The second-order valence-electron chi connectivity index (χ2n) is 15.9. The Balaban J connectivity index is 4.56. The number of hydrogen-bond acceptors (Lipinski definition) is 6. The Hall–Kier alpha value is -4.01. The van der Waals surface area contributed by atoms with Gasteiger partial charge in [-0.2, -0.15) is 0 Å². The van der Waals surface area contributed by atoms with Crippen molar-refractivity contribution < 1.29 is 38.2 Å². The molecule has 0 saturated heterocycles. The molecule has 0 aliphatic carbocycles. The molecule has 60 heavy (non-hydrogen) atoms. The third-order valence-electron chi connectivity index (χ3n) is 9.42. The van der Waals surface area contributed by atoms with Crippen LogP contribution in [-0.2, 0) is 28.6 Å². The van der Waals surface area contributed by atoms with E-state index in [1.807, 2.05) is 33.3 Å². The average Bonchev–Trinajstić information content (AvgIpc) is 3.21. The minimum absolute atomic E-state index is 0.00752. The molecular formula is C52H84NO7+. The standard InChI is InChI=1S/C52H83NO7/c1-6-8-10-12-14-16-18-20-22-24-25-27-29-31-33-35-37-39-41-43-51(55)60-48(46-58-45-44-49(52(56)57)53(3,4)5)47-59-50(54)42-40-38-36-34-32-30-28-26-23-21-19-17-15-13-11-9-7-2/h8,10,14,16,20-23,25,27-28,30-31,33-34,36-37,39,48-49H,6-7,9,11-13,15,17-19,24,26,29,32,35,38,40-47H2,1-5H3/p+1/b10-8+,16-14+,22-20+,23-21+,27-25+,30-28+,33-31+,36-34+,39-37+. The summed E-state index contributed by atoms with van der Waals surface area (Å²) in [6, 6.07) is -0.642. The number of aliphatic carboxylic acids is 1. The number of quaternary nitrogens is 1. The van der Waals surface area contributed by atoms with Crippen LogP contribution in [0.1, 0.15) is 149 Å². The number of carboxylic acid groups (broad SMARTS) is 1. The van der Waals surface area contributed by atoms with Crippen LogP contribution in [-0.4, -0.2) is 80.6 Å². The fourth-order valence-electron chi connectivity index (χ4n) is 5.90. The van der Waals surface area contributed by atoms with Crippen molar-refractivity contribution in [2.75, 3.05) is 41.0 Å². The molecule has 0 aliphatic rings. The van der Waals surface area contributed by atoms with Gasteiger partial charge in [0.1, 0.15) is 6.61 Å². The molecule has 0 saturated carbocycles. The van der Waals surface area contributed by atoms with E-state index >= 15 is 0 Å². The van der Waals surface area contributed by atoms with Crippen molar-refractivity contribution in [3.8, 4) is 0 Å². The van der Waals surface area contributed by atoms with Crippen LogP contribution < -0.4 is 0 Å². The number of carboxylic acids is 1. The largest absolute Gasteiger partial charge is 0.477 e. The van der Waals surface area contributed by atoms with Gasteiger partial charge in [0.15, 0.2) is 12.1 Å². The number of nitrogens with zero attached hydrogens (tertiary/aromatic N) is 1. The Morgan fingerprint density at radius 1 is 0.517 bits per heavy atom. The molecule has 0 rings (SSSR count). The van der Waals surface area contributed by atoms with Gasteiger partial charge in [-0.1, -0.05) is 155 Å². The summed E-state index contributed by atoms with van der Waals surface area (Å²) in [5.74, 6) is -1.66. The Morgan fingerprint density at radius 2 is 0.967 bits per heavy atom. The zero-order valence-corrected chi connectivity index (χ0v) is 38.4. The van der Waals surface area contributed by atoms with Gasteiger partial charge in [-0.15, -0.1) is 0 Å². The van der Waals surface area contributed by atoms with E-state index in [-0.39, 0.29) is 43.1 Å². The van der Waals surface area contributed by atoms with Crippen molar-refractivity contribution in [3.63, 3.8) is 0 Å². The third kappa shape index (κ3) is 39.5. The molecule has 1 N–H and O–H groups in total. The fraction of sp³-hybridized carbons (Fsp3) is 0.596. The van der Waals surface area contributed by atoms with Gasteiger partial charge < -0.3 is 23.8 Å². The van der Waals surface area contributed by atoms with Gasteiger partial charge in [-0.3, -0.25) is 9.59 Å². The lowest BCUT2D eigenvalue weighted by Crippen LogP contribution is -2.50. The second-order valence-corrected chi connectivity index (χ2v) is 15.9. The molecule has 2 atom stereocenters. The normalized spacial score (nSPS) is 13.9. The van der Waals surface area contributed by atoms with Crippen molar-refractivity contribution in [2.45, 2.75) is 161 Å². The highest BCUT2D eigenvalue weighted by molar-refractivity contribution is 5.72. The number of likely N-dealkylation sites (N-methyl/N-ethyl adjacent to an activating group) is 1. The van der Waals surface area contributed by atoms with Crippen LogP contribution in [0.3, 0.4) is 0 Å². The monoisotopic (exact) mass is 835 g/mol. The number of rotatable bonds is 39. The third-order valence-corrected chi connectivity index (χ3v) is 9.42. The van der Waals surface area contributed by atoms with Gasteiger partial charge in [0.05, 0.1) is 34.4 Å². The number of unbranched alkanes of at least 4 members (excludes halogenated alkanes) is 7. The van der Waals surface area contributed by atoms with Crippen LogP contribution in [0.15, 0.2) is 109 Å². The Kier molecular flexibility index (Phi) is 38.9. The van der Waals surface area contributed by atoms with Crippen molar-refractivity contribution in [1.82, 2.24) is 0 Å². The first-order valence-electron chi connectivity index (χ1n) is 22.9. The first-order valence-corrected chi connectivity index (χ1v) is 22.9. The van der Waals surface area contributed by atoms with Crippen LogP contribution in [0.25, 0.3) is 0 Å². The zero-order valence-electron chi connectivity index (χ0n) is 38.4. The summed E-state index contributed by atoms with van der Waals surface area (Å²) >= 11 is 0. The summed E-state index contributed by atoms with van der Waals surface area (Å²) in [4.78, 5) is 37.0. The highest BCUT2D eigenvalue weighted by atomic mass is 16.6. The average molecular weight is 835 g/mol. The van der Waals surface area contributed by atoms with E-state index in [1.54, 1.807) is 0 Å². The predicted molar refractivity (Wildman–Crippen MR) is 252 cm³/mol. The molecule has 8 nitrogen and oxygen atoms in total. The molecule has 338 valence electrons. The number of hydrogen-bond donors (Lipinski definition) is 1. The van der Waals surface area contributed by atoms with Gasteiger partial charge in [0, 0.05) is 19.3 Å². The maximum absolute atomic E-state index is 12.7. The second kappa shape index (κ2) is 41.7. The number of carbonyl (C=O) groups is 3. The van der Waals surface area contributed by atoms with Crippen LogP contribution in [0.5, 0.6) is 0 Å². The minimum atomic E-state index is -0.898. The van der Waals surface area contributed by atoms with Gasteiger partial charge in [-0.05, 0) is 83.5 Å². The first kappa shape index (κ1) is 56.0. The molecule has 0 amide bonds. The molecule has 0 radical (unpaired) electrons. The quantitative estimate of drug-likeness (QED) is 0.0285. The molecule has 0 aromatic rings. The lowest BCUT2D eigenvalue weighted by Gasteiger charge is -2.31. The molecule has 0 bridgehead atoms. The highest BCUT2D eigenvalue weighted by Gasteiger charge is 2.31. The number of esters is 2. The van der Waals surface area contributed by atoms with Crippen LogP contribution >= 0.6 is 0 Å². The van der Waals surface area contributed by atoms with Crippen molar-refractivity contribution >= 4 is 17.9 Å². The van der Waals surface area contributed by atoms with Crippen molar-refractivity contribution in [3.05, 3.63) is 109 Å². The summed E-state index contributed by atoms with van der Waals surface area (Å²) < 4.78 is 17.1. The van der Waals surface area contributed by atoms with E-state index in [2.05, 4.69) is 111 Å². The summed E-state index contributed by atoms with van der Waals surface area (Å²) in [7, 11) is 5.47. The summed E-state index contributed by atoms with van der Waals surface area (Å²) in [6.07, 6.45) is 57.3. The molecule has 2 unspecified atom stereocenters.